The summed E-state index contributed by atoms with van der Waals surface area (Å²) in [5.74, 6) is -0.887. The lowest BCUT2D eigenvalue weighted by molar-refractivity contribution is -0.134. The summed E-state index contributed by atoms with van der Waals surface area (Å²) in [7, 11) is -2.72. The van der Waals surface area contributed by atoms with E-state index < -0.39 is 34.6 Å². The summed E-state index contributed by atoms with van der Waals surface area (Å²) >= 11 is 0. The van der Waals surface area contributed by atoms with Gasteiger partial charge in [-0.05, 0) is 30.2 Å². The van der Waals surface area contributed by atoms with Crippen LogP contribution < -0.4 is 10.2 Å². The lowest BCUT2D eigenvalue weighted by atomic mass is 10.0. The Morgan fingerprint density at radius 1 is 1.34 bits per heavy atom. The molecule has 2 rings (SSSR count). The van der Waals surface area contributed by atoms with Gasteiger partial charge in [-0.15, -0.1) is 5.10 Å². The maximum absolute atomic E-state index is 13.3. The van der Waals surface area contributed by atoms with E-state index in [2.05, 4.69) is 10.3 Å². The van der Waals surface area contributed by atoms with Crippen molar-refractivity contribution in [1.82, 2.24) is 24.8 Å². The second-order valence-corrected chi connectivity index (χ2v) is 8.44. The van der Waals surface area contributed by atoms with E-state index in [0.717, 1.165) is 4.31 Å². The fraction of sp³-hybridized carbons (Fsp3) is 0.471. The summed E-state index contributed by atoms with van der Waals surface area (Å²) in [5, 5.41) is 16.7. The van der Waals surface area contributed by atoms with Crippen molar-refractivity contribution < 1.29 is 27.5 Å². The smallest absolute Gasteiger partial charge is 0.262 e. The number of amides is 1. The zero-order valence-electron chi connectivity index (χ0n) is 16.3. The van der Waals surface area contributed by atoms with Gasteiger partial charge in [0.2, 0.25) is 10.0 Å². The van der Waals surface area contributed by atoms with Crippen molar-refractivity contribution in [2.45, 2.75) is 37.9 Å². The number of carbonyl (C=O) groups excluding carboxylic acids is 1. The van der Waals surface area contributed by atoms with Gasteiger partial charge in [-0.2, -0.15) is 4.31 Å². The van der Waals surface area contributed by atoms with Crippen molar-refractivity contribution in [3.63, 3.8) is 0 Å². The molecule has 2 aromatic rings. The lowest BCUT2D eigenvalue weighted by Crippen LogP contribution is -2.51. The molecular formula is C17H24FN5O5S. The summed E-state index contributed by atoms with van der Waals surface area (Å²) < 4.78 is 46.4. The van der Waals surface area contributed by atoms with E-state index in [1.807, 2.05) is 0 Å². The summed E-state index contributed by atoms with van der Waals surface area (Å²) in [6.07, 6.45) is 1.41. The zero-order chi connectivity index (χ0) is 21.6. The van der Waals surface area contributed by atoms with Crippen LogP contribution in [0.25, 0.3) is 0 Å². The molecule has 1 heterocycles. The molecule has 0 fully saturated rings. The van der Waals surface area contributed by atoms with Crippen molar-refractivity contribution >= 4 is 15.9 Å². The first-order chi connectivity index (χ1) is 13.7. The molecule has 2 N–H and O–H groups in total. The molecule has 1 amide bonds. The number of sulfonamides is 1. The third-order valence-corrected chi connectivity index (χ3v) is 6.05. The maximum Gasteiger partial charge on any atom is 0.262 e. The Balaban J connectivity index is 2.49. The topological polar surface area (TPSA) is 127 Å². The van der Waals surface area contributed by atoms with E-state index in [-0.39, 0.29) is 23.7 Å². The Bertz CT molecular complexity index is 917. The van der Waals surface area contributed by atoms with Gasteiger partial charge < -0.3 is 4.74 Å². The lowest BCUT2D eigenvalue weighted by Gasteiger charge is -2.31. The van der Waals surface area contributed by atoms with E-state index >= 15 is 0 Å². The highest BCUT2D eigenvalue weighted by Gasteiger charge is 2.38. The third-order valence-electron chi connectivity index (χ3n) is 4.20. The third kappa shape index (κ3) is 5.28. The second kappa shape index (κ2) is 9.76. The average Bonchev–Trinajstić information content (AvgIpc) is 3.14. The van der Waals surface area contributed by atoms with Crippen LogP contribution in [0.5, 0.6) is 5.75 Å². The summed E-state index contributed by atoms with van der Waals surface area (Å²) in [4.78, 5) is 12.2. The minimum absolute atomic E-state index is 0.0248. The van der Waals surface area contributed by atoms with Gasteiger partial charge in [-0.1, -0.05) is 19.1 Å². The van der Waals surface area contributed by atoms with Gasteiger partial charge in [0.25, 0.3) is 5.91 Å². The number of hydrogen-bond acceptors (Lipinski definition) is 7. The van der Waals surface area contributed by atoms with Crippen LogP contribution in [-0.4, -0.2) is 58.7 Å². The second-order valence-electron chi connectivity index (χ2n) is 6.55. The van der Waals surface area contributed by atoms with E-state index in [1.165, 1.54) is 47.7 Å². The molecule has 0 saturated heterocycles. The number of benzene rings is 1. The van der Waals surface area contributed by atoms with Gasteiger partial charge in [-0.25, -0.2) is 23.0 Å². The van der Waals surface area contributed by atoms with Crippen molar-refractivity contribution in [2.75, 3.05) is 13.8 Å². The highest BCUT2D eigenvalue weighted by molar-refractivity contribution is 7.89. The Labute approximate surface area is 168 Å². The minimum Gasteiger partial charge on any atom is -0.497 e. The van der Waals surface area contributed by atoms with Crippen LogP contribution in [0.15, 0.2) is 35.4 Å². The quantitative estimate of drug-likeness (QED) is 0.426. The van der Waals surface area contributed by atoms with Gasteiger partial charge in [-0.3, -0.25) is 10.0 Å². The number of halogens is 1. The molecular weight excluding hydrogens is 405 g/mol. The molecule has 1 atom stereocenters. The SMILES string of the molecule is COc1ccc(S(=O)(=O)N(Cc2cn(CCF)nn2)C(C(=O)NO)C(C)C)cc1. The fourth-order valence-corrected chi connectivity index (χ4v) is 4.51. The Kier molecular flexibility index (Phi) is 7.65. The highest BCUT2D eigenvalue weighted by atomic mass is 32.2. The number of hydrogen-bond donors (Lipinski definition) is 2. The molecule has 0 saturated carbocycles. The van der Waals surface area contributed by atoms with Crippen molar-refractivity contribution in [3.05, 3.63) is 36.2 Å². The van der Waals surface area contributed by atoms with Crippen molar-refractivity contribution in [1.29, 1.82) is 0 Å². The maximum atomic E-state index is 13.3. The largest absolute Gasteiger partial charge is 0.497 e. The standard InChI is InChI=1S/C17H24FN5O5S/c1-12(2)16(17(24)20-25)23(11-13-10-22(9-8-18)21-19-13)29(26,27)15-6-4-14(28-3)5-7-15/h4-7,10,12,16,25H,8-9,11H2,1-3H3,(H,20,24). The van der Waals surface area contributed by atoms with E-state index in [4.69, 9.17) is 9.94 Å². The van der Waals surface area contributed by atoms with E-state index in [1.54, 1.807) is 13.8 Å². The number of carbonyl (C=O) groups is 1. The van der Waals surface area contributed by atoms with Gasteiger partial charge in [0.1, 0.15) is 18.5 Å². The average molecular weight is 429 g/mol. The number of aryl methyl sites for hydroxylation is 1. The Morgan fingerprint density at radius 2 is 2.00 bits per heavy atom. The number of ether oxygens (including phenoxy) is 1. The van der Waals surface area contributed by atoms with E-state index in [9.17, 15) is 17.6 Å². The molecule has 1 unspecified atom stereocenters. The van der Waals surface area contributed by atoms with Crippen molar-refractivity contribution in [3.8, 4) is 5.75 Å². The molecule has 0 aliphatic heterocycles. The molecule has 1 aromatic heterocycles. The molecule has 160 valence electrons. The predicted molar refractivity (Wildman–Crippen MR) is 100 cm³/mol. The molecule has 10 nitrogen and oxygen atoms in total. The summed E-state index contributed by atoms with van der Waals surface area (Å²) in [5.41, 5.74) is 1.75. The molecule has 0 aliphatic rings. The first kappa shape index (κ1) is 22.7. The van der Waals surface area contributed by atoms with Crippen LogP contribution in [0.1, 0.15) is 19.5 Å². The number of nitrogens with one attached hydrogen (secondary N) is 1. The van der Waals surface area contributed by atoms with Crippen molar-refractivity contribution in [2.24, 2.45) is 5.92 Å². The molecule has 12 heteroatoms. The minimum atomic E-state index is -4.17. The number of hydroxylamine groups is 1. The molecule has 0 bridgehead atoms. The first-order valence-corrected chi connectivity index (χ1v) is 10.2. The number of alkyl halides is 1. The van der Waals surface area contributed by atoms with Gasteiger partial charge >= 0.3 is 0 Å². The summed E-state index contributed by atoms with van der Waals surface area (Å²) in [6, 6.07) is 4.46. The molecule has 1 aromatic carbocycles. The molecule has 0 aliphatic carbocycles. The normalized spacial score (nSPS) is 12.9. The van der Waals surface area contributed by atoms with Crippen LogP contribution in [0.3, 0.4) is 0 Å². The van der Waals surface area contributed by atoms with Crippen LogP contribution in [-0.2, 0) is 27.9 Å². The molecule has 0 spiro atoms. The number of nitrogens with zero attached hydrogens (tertiary/aromatic N) is 4. The fourth-order valence-electron chi connectivity index (χ4n) is 2.81. The molecule has 29 heavy (non-hydrogen) atoms. The predicted octanol–water partition coefficient (Wildman–Crippen LogP) is 0.977. The Morgan fingerprint density at radius 3 is 2.52 bits per heavy atom. The van der Waals surface area contributed by atoms with Crippen LogP contribution in [0.4, 0.5) is 4.39 Å². The van der Waals surface area contributed by atoms with E-state index in [0.29, 0.717) is 5.75 Å². The van der Waals surface area contributed by atoms with Gasteiger partial charge in [0.15, 0.2) is 0 Å². The summed E-state index contributed by atoms with van der Waals surface area (Å²) in [6.45, 7) is 2.32. The van der Waals surface area contributed by atoms with Crippen LogP contribution >= 0.6 is 0 Å². The Hall–Kier alpha value is -2.57. The monoisotopic (exact) mass is 429 g/mol. The number of rotatable bonds is 10. The van der Waals surface area contributed by atoms with Crippen LogP contribution in [0, 0.1) is 5.92 Å². The van der Waals surface area contributed by atoms with Crippen LogP contribution in [0.2, 0.25) is 0 Å². The zero-order valence-corrected chi connectivity index (χ0v) is 17.1. The van der Waals surface area contributed by atoms with Gasteiger partial charge in [0, 0.05) is 6.20 Å². The molecule has 0 radical (unpaired) electrons. The number of aromatic nitrogens is 3. The first-order valence-electron chi connectivity index (χ1n) is 8.79. The van der Waals surface area contributed by atoms with Gasteiger partial charge in [0.05, 0.1) is 30.8 Å². The highest BCUT2D eigenvalue weighted by Crippen LogP contribution is 2.26. The number of methoxy groups -OCH3 is 1.